The van der Waals surface area contributed by atoms with Crippen molar-refractivity contribution >= 4 is 5.91 Å². The second-order valence-corrected chi connectivity index (χ2v) is 6.82. The molecule has 0 aromatic rings. The smallest absolute Gasteiger partial charge is 0.244 e. The number of rotatable bonds is 5. The summed E-state index contributed by atoms with van der Waals surface area (Å²) in [6.45, 7) is 3.20. The summed E-state index contributed by atoms with van der Waals surface area (Å²) in [5.74, 6) is 1.28. The molecule has 1 N–H and O–H groups in total. The Morgan fingerprint density at radius 2 is 1.95 bits per heavy atom. The molecule has 0 aromatic heterocycles. The van der Waals surface area contributed by atoms with Gasteiger partial charge in [0.25, 0.3) is 0 Å². The van der Waals surface area contributed by atoms with E-state index in [0.29, 0.717) is 12.1 Å². The van der Waals surface area contributed by atoms with Gasteiger partial charge in [0.1, 0.15) is 0 Å². The lowest BCUT2D eigenvalue weighted by Gasteiger charge is -2.28. The first kappa shape index (κ1) is 13.4. The van der Waals surface area contributed by atoms with Gasteiger partial charge in [0, 0.05) is 6.54 Å². The van der Waals surface area contributed by atoms with Crippen LogP contribution in [0.25, 0.3) is 0 Å². The molecular formula is C16H28N2O. The highest BCUT2D eigenvalue weighted by atomic mass is 16.2. The normalized spacial score (nSPS) is 30.3. The maximum Gasteiger partial charge on any atom is 0.244 e. The number of carbonyl (C=O) groups is 1. The zero-order valence-corrected chi connectivity index (χ0v) is 12.3. The fraction of sp³-hybridized carbons (Fsp3) is 0.938. The van der Waals surface area contributed by atoms with Crippen molar-refractivity contribution in [2.24, 2.45) is 5.92 Å². The van der Waals surface area contributed by atoms with Crippen LogP contribution in [0.1, 0.15) is 71.1 Å². The summed E-state index contributed by atoms with van der Waals surface area (Å²) < 4.78 is 0. The van der Waals surface area contributed by atoms with Crippen LogP contribution in [0, 0.1) is 5.92 Å². The minimum absolute atomic E-state index is 0.119. The molecule has 0 bridgehead atoms. The highest BCUT2D eigenvalue weighted by Crippen LogP contribution is 2.43. The SMILES string of the molecule is CCCC1NC2(CC2)C(=O)N1CCC1CCCCC1. The maximum absolute atomic E-state index is 12.5. The summed E-state index contributed by atoms with van der Waals surface area (Å²) in [6.07, 6.45) is 12.9. The van der Waals surface area contributed by atoms with Gasteiger partial charge in [-0.05, 0) is 31.6 Å². The molecule has 19 heavy (non-hydrogen) atoms. The lowest BCUT2D eigenvalue weighted by atomic mass is 9.87. The van der Waals surface area contributed by atoms with E-state index in [1.165, 1.54) is 38.5 Å². The van der Waals surface area contributed by atoms with Crippen molar-refractivity contribution in [1.82, 2.24) is 10.2 Å². The molecule has 1 saturated heterocycles. The average molecular weight is 264 g/mol. The van der Waals surface area contributed by atoms with E-state index in [1.807, 2.05) is 0 Å². The Hall–Kier alpha value is -0.570. The molecule has 1 heterocycles. The van der Waals surface area contributed by atoms with Gasteiger partial charge in [0.2, 0.25) is 5.91 Å². The number of hydrogen-bond acceptors (Lipinski definition) is 2. The standard InChI is InChI=1S/C16H28N2O/c1-2-6-14-17-16(10-11-16)15(19)18(14)12-9-13-7-4-3-5-8-13/h13-14,17H,2-12H2,1H3. The second kappa shape index (κ2) is 5.43. The summed E-state index contributed by atoms with van der Waals surface area (Å²) >= 11 is 0. The van der Waals surface area contributed by atoms with Crippen LogP contribution in [0.3, 0.4) is 0 Å². The molecule has 3 aliphatic rings. The molecule has 1 aliphatic heterocycles. The maximum atomic E-state index is 12.5. The summed E-state index contributed by atoms with van der Waals surface area (Å²) in [4.78, 5) is 14.7. The van der Waals surface area contributed by atoms with Crippen molar-refractivity contribution in [1.29, 1.82) is 0 Å². The van der Waals surface area contributed by atoms with Gasteiger partial charge >= 0.3 is 0 Å². The van der Waals surface area contributed by atoms with Crippen molar-refractivity contribution in [3.05, 3.63) is 0 Å². The van der Waals surface area contributed by atoms with E-state index in [-0.39, 0.29) is 5.54 Å². The van der Waals surface area contributed by atoms with Gasteiger partial charge in [-0.25, -0.2) is 0 Å². The van der Waals surface area contributed by atoms with Crippen molar-refractivity contribution < 1.29 is 4.79 Å². The van der Waals surface area contributed by atoms with E-state index in [0.717, 1.165) is 38.1 Å². The number of amides is 1. The molecule has 1 amide bonds. The first-order valence-corrected chi connectivity index (χ1v) is 8.34. The first-order chi connectivity index (χ1) is 9.25. The van der Waals surface area contributed by atoms with Crippen LogP contribution >= 0.6 is 0 Å². The van der Waals surface area contributed by atoms with Gasteiger partial charge in [0.15, 0.2) is 0 Å². The Labute approximate surface area is 117 Å². The number of nitrogens with zero attached hydrogens (tertiary/aromatic N) is 1. The topological polar surface area (TPSA) is 32.3 Å². The Balaban J connectivity index is 1.56. The predicted molar refractivity (Wildman–Crippen MR) is 76.7 cm³/mol. The zero-order valence-electron chi connectivity index (χ0n) is 12.3. The molecule has 0 aromatic carbocycles. The molecule has 3 fully saturated rings. The molecule has 2 aliphatic carbocycles. The zero-order chi connectivity index (χ0) is 13.3. The highest BCUT2D eigenvalue weighted by molar-refractivity contribution is 5.91. The van der Waals surface area contributed by atoms with E-state index >= 15 is 0 Å². The molecule has 3 nitrogen and oxygen atoms in total. The predicted octanol–water partition coefficient (Wildman–Crippen LogP) is 3.05. The van der Waals surface area contributed by atoms with Gasteiger partial charge in [-0.15, -0.1) is 0 Å². The van der Waals surface area contributed by atoms with Crippen LogP contribution in [-0.2, 0) is 4.79 Å². The van der Waals surface area contributed by atoms with Gasteiger partial charge in [0.05, 0.1) is 11.7 Å². The van der Waals surface area contributed by atoms with E-state index in [9.17, 15) is 4.79 Å². The summed E-state index contributed by atoms with van der Waals surface area (Å²) in [7, 11) is 0. The highest BCUT2D eigenvalue weighted by Gasteiger charge is 2.58. The molecule has 1 atom stereocenters. The molecule has 1 unspecified atom stereocenters. The van der Waals surface area contributed by atoms with Crippen LogP contribution in [0.15, 0.2) is 0 Å². The van der Waals surface area contributed by atoms with Gasteiger partial charge < -0.3 is 4.90 Å². The van der Waals surface area contributed by atoms with E-state index in [2.05, 4.69) is 17.1 Å². The van der Waals surface area contributed by atoms with Crippen molar-refractivity contribution in [3.8, 4) is 0 Å². The van der Waals surface area contributed by atoms with Gasteiger partial charge in [-0.1, -0.05) is 45.4 Å². The lowest BCUT2D eigenvalue weighted by molar-refractivity contribution is -0.131. The summed E-state index contributed by atoms with van der Waals surface area (Å²) in [6, 6.07) is 0. The van der Waals surface area contributed by atoms with Crippen LogP contribution in [-0.4, -0.2) is 29.1 Å². The minimum Gasteiger partial charge on any atom is -0.326 e. The van der Waals surface area contributed by atoms with E-state index in [4.69, 9.17) is 0 Å². The van der Waals surface area contributed by atoms with Crippen LogP contribution in [0.4, 0.5) is 0 Å². The summed E-state index contributed by atoms with van der Waals surface area (Å²) in [5, 5.41) is 3.61. The number of hydrogen-bond donors (Lipinski definition) is 1. The Morgan fingerprint density at radius 1 is 1.21 bits per heavy atom. The second-order valence-electron chi connectivity index (χ2n) is 6.82. The van der Waals surface area contributed by atoms with Gasteiger partial charge in [-0.3, -0.25) is 10.1 Å². The largest absolute Gasteiger partial charge is 0.326 e. The molecule has 0 radical (unpaired) electrons. The fourth-order valence-corrected chi connectivity index (χ4v) is 3.91. The fourth-order valence-electron chi connectivity index (χ4n) is 3.91. The molecular weight excluding hydrogens is 236 g/mol. The Kier molecular flexibility index (Phi) is 3.84. The van der Waals surface area contributed by atoms with Crippen molar-refractivity contribution in [2.45, 2.75) is 82.8 Å². The van der Waals surface area contributed by atoms with Crippen LogP contribution < -0.4 is 5.32 Å². The van der Waals surface area contributed by atoms with Crippen molar-refractivity contribution in [3.63, 3.8) is 0 Å². The third-order valence-corrected chi connectivity index (χ3v) is 5.30. The van der Waals surface area contributed by atoms with Crippen LogP contribution in [0.5, 0.6) is 0 Å². The third-order valence-electron chi connectivity index (χ3n) is 5.30. The van der Waals surface area contributed by atoms with E-state index in [1.54, 1.807) is 0 Å². The first-order valence-electron chi connectivity index (χ1n) is 8.34. The van der Waals surface area contributed by atoms with E-state index < -0.39 is 0 Å². The van der Waals surface area contributed by atoms with Crippen molar-refractivity contribution in [2.75, 3.05) is 6.54 Å². The third kappa shape index (κ3) is 2.67. The number of carbonyl (C=O) groups excluding carboxylic acids is 1. The lowest BCUT2D eigenvalue weighted by Crippen LogP contribution is -2.38. The van der Waals surface area contributed by atoms with Crippen LogP contribution in [0.2, 0.25) is 0 Å². The number of nitrogens with one attached hydrogen (secondary N) is 1. The Morgan fingerprint density at radius 3 is 2.58 bits per heavy atom. The average Bonchev–Trinajstić information content (AvgIpc) is 3.15. The quantitative estimate of drug-likeness (QED) is 0.827. The Bertz CT molecular complexity index is 332. The molecule has 1 spiro atoms. The molecule has 3 rings (SSSR count). The molecule has 108 valence electrons. The monoisotopic (exact) mass is 264 g/mol. The summed E-state index contributed by atoms with van der Waals surface area (Å²) in [5.41, 5.74) is -0.119. The molecule has 3 heteroatoms. The molecule has 2 saturated carbocycles. The minimum atomic E-state index is -0.119. The van der Waals surface area contributed by atoms with Gasteiger partial charge in [-0.2, -0.15) is 0 Å².